The third kappa shape index (κ3) is 3.61. The first-order valence-corrected chi connectivity index (χ1v) is 7.23. The van der Waals surface area contributed by atoms with Crippen LogP contribution in [0.4, 0.5) is 0 Å². The minimum absolute atomic E-state index is 0.279. The van der Waals surface area contributed by atoms with Crippen LogP contribution < -0.4 is 5.73 Å². The van der Waals surface area contributed by atoms with Crippen molar-refractivity contribution in [2.75, 3.05) is 13.1 Å². The van der Waals surface area contributed by atoms with Crippen LogP contribution in [0.3, 0.4) is 0 Å². The normalized spacial score (nSPS) is 23.0. The number of halogens is 2. The molecule has 2 N–H and O–H groups in total. The van der Waals surface area contributed by atoms with Gasteiger partial charge in [-0.2, -0.15) is 0 Å². The van der Waals surface area contributed by atoms with Crippen molar-refractivity contribution in [3.05, 3.63) is 33.8 Å². The molecule has 2 rings (SSSR count). The molecule has 1 saturated heterocycles. The first kappa shape index (κ1) is 14.1. The van der Waals surface area contributed by atoms with Gasteiger partial charge >= 0.3 is 0 Å². The Morgan fingerprint density at radius 1 is 1.39 bits per heavy atom. The lowest BCUT2D eigenvalue weighted by Crippen LogP contribution is -2.41. The quantitative estimate of drug-likeness (QED) is 0.921. The summed E-state index contributed by atoms with van der Waals surface area (Å²) in [6, 6.07) is 6.15. The van der Waals surface area contributed by atoms with E-state index in [0.717, 1.165) is 19.6 Å². The lowest BCUT2D eigenvalue weighted by atomic mass is 9.92. The third-order valence-electron chi connectivity index (χ3n) is 3.68. The maximum atomic E-state index is 6.04. The summed E-state index contributed by atoms with van der Waals surface area (Å²) >= 11 is 12.0. The monoisotopic (exact) mass is 286 g/mol. The molecular formula is C14H20Cl2N2. The van der Waals surface area contributed by atoms with Crippen LogP contribution in [0, 0.1) is 5.92 Å². The summed E-state index contributed by atoms with van der Waals surface area (Å²) in [5.41, 5.74) is 7.22. The Bertz CT molecular complexity index is 407. The van der Waals surface area contributed by atoms with Crippen molar-refractivity contribution in [1.82, 2.24) is 4.90 Å². The van der Waals surface area contributed by atoms with Crippen molar-refractivity contribution in [3.8, 4) is 0 Å². The maximum absolute atomic E-state index is 6.04. The lowest BCUT2D eigenvalue weighted by Gasteiger charge is -2.34. The number of rotatable bonds is 3. The first-order chi connectivity index (χ1) is 8.56. The summed E-state index contributed by atoms with van der Waals surface area (Å²) in [5, 5.41) is 1.25. The van der Waals surface area contributed by atoms with Gasteiger partial charge in [0.15, 0.2) is 0 Å². The largest absolute Gasteiger partial charge is 0.328 e. The Balaban J connectivity index is 1.98. The smallest absolute Gasteiger partial charge is 0.0595 e. The highest BCUT2D eigenvalue weighted by atomic mass is 35.5. The van der Waals surface area contributed by atoms with Gasteiger partial charge in [-0.15, -0.1) is 0 Å². The predicted molar refractivity (Wildman–Crippen MR) is 78.1 cm³/mol. The highest BCUT2D eigenvalue weighted by Crippen LogP contribution is 2.25. The Hall–Kier alpha value is -0.280. The Morgan fingerprint density at radius 2 is 2.17 bits per heavy atom. The van der Waals surface area contributed by atoms with E-state index in [2.05, 4.69) is 11.8 Å². The molecule has 1 aromatic rings. The van der Waals surface area contributed by atoms with E-state index in [-0.39, 0.29) is 6.04 Å². The van der Waals surface area contributed by atoms with E-state index in [9.17, 15) is 0 Å². The fraction of sp³-hybridized carbons (Fsp3) is 0.571. The van der Waals surface area contributed by atoms with Crippen LogP contribution in [-0.4, -0.2) is 24.0 Å². The zero-order valence-corrected chi connectivity index (χ0v) is 12.2. The molecule has 1 aromatic carbocycles. The number of hydrogen-bond donors (Lipinski definition) is 1. The molecule has 0 amide bonds. The van der Waals surface area contributed by atoms with E-state index >= 15 is 0 Å². The summed E-state index contributed by atoms with van der Waals surface area (Å²) < 4.78 is 0. The highest BCUT2D eigenvalue weighted by molar-refractivity contribution is 6.42. The second-order valence-electron chi connectivity index (χ2n) is 5.25. The molecule has 2 unspecified atom stereocenters. The van der Waals surface area contributed by atoms with Crippen molar-refractivity contribution >= 4 is 23.2 Å². The van der Waals surface area contributed by atoms with Crippen molar-refractivity contribution < 1.29 is 0 Å². The third-order valence-corrected chi connectivity index (χ3v) is 4.41. The van der Waals surface area contributed by atoms with Gasteiger partial charge in [0.2, 0.25) is 0 Å². The number of piperidine rings is 1. The van der Waals surface area contributed by atoms with Crippen molar-refractivity contribution in [1.29, 1.82) is 0 Å². The first-order valence-electron chi connectivity index (χ1n) is 6.48. The molecule has 0 saturated carbocycles. The molecule has 1 aliphatic heterocycles. The predicted octanol–water partition coefficient (Wildman–Crippen LogP) is 3.55. The topological polar surface area (TPSA) is 29.3 Å². The van der Waals surface area contributed by atoms with Crippen molar-refractivity contribution in [2.45, 2.75) is 32.4 Å². The van der Waals surface area contributed by atoms with Crippen molar-refractivity contribution in [2.24, 2.45) is 11.7 Å². The summed E-state index contributed by atoms with van der Waals surface area (Å²) in [6.07, 6.45) is 2.48. The molecule has 1 fully saturated rings. The SMILES string of the molecule is CC(N)C1CCCN(Cc2ccc(Cl)c(Cl)c2)C1. The molecule has 0 aromatic heterocycles. The summed E-state index contributed by atoms with van der Waals surface area (Å²) in [4.78, 5) is 2.46. The van der Waals surface area contributed by atoms with Gasteiger partial charge < -0.3 is 5.73 Å². The Labute approximate surface area is 119 Å². The summed E-state index contributed by atoms with van der Waals surface area (Å²) in [5.74, 6) is 0.613. The molecule has 1 aliphatic rings. The Morgan fingerprint density at radius 3 is 2.83 bits per heavy atom. The van der Waals surface area contributed by atoms with Crippen LogP contribution >= 0.6 is 23.2 Å². The standard InChI is InChI=1S/C14H20Cl2N2/c1-10(17)12-3-2-6-18(9-12)8-11-4-5-13(15)14(16)7-11/h4-5,7,10,12H,2-3,6,8-9,17H2,1H3. The van der Waals surface area contributed by atoms with E-state index in [0.29, 0.717) is 16.0 Å². The van der Waals surface area contributed by atoms with Gasteiger partial charge in [-0.05, 0) is 49.9 Å². The van der Waals surface area contributed by atoms with Crippen molar-refractivity contribution in [3.63, 3.8) is 0 Å². The van der Waals surface area contributed by atoms with Gasteiger partial charge in [-0.25, -0.2) is 0 Å². The van der Waals surface area contributed by atoms with E-state index < -0.39 is 0 Å². The van der Waals surface area contributed by atoms with Crippen LogP contribution in [-0.2, 0) is 6.54 Å². The minimum Gasteiger partial charge on any atom is -0.328 e. The fourth-order valence-corrected chi connectivity index (χ4v) is 2.88. The average Bonchev–Trinajstić information content (AvgIpc) is 2.34. The molecule has 2 nitrogen and oxygen atoms in total. The van der Waals surface area contributed by atoms with E-state index in [4.69, 9.17) is 28.9 Å². The molecular weight excluding hydrogens is 267 g/mol. The zero-order valence-electron chi connectivity index (χ0n) is 10.7. The number of nitrogens with zero attached hydrogens (tertiary/aromatic N) is 1. The van der Waals surface area contributed by atoms with Crippen LogP contribution in [0.5, 0.6) is 0 Å². The van der Waals surface area contributed by atoms with E-state index in [1.165, 1.54) is 18.4 Å². The van der Waals surface area contributed by atoms with Gasteiger partial charge in [-0.1, -0.05) is 29.3 Å². The molecule has 0 radical (unpaired) electrons. The summed E-state index contributed by atoms with van der Waals surface area (Å²) in [7, 11) is 0. The van der Waals surface area contributed by atoms with Crippen LogP contribution in [0.15, 0.2) is 18.2 Å². The van der Waals surface area contributed by atoms with Crippen LogP contribution in [0.1, 0.15) is 25.3 Å². The minimum atomic E-state index is 0.279. The van der Waals surface area contributed by atoms with Gasteiger partial charge in [0.1, 0.15) is 0 Å². The highest BCUT2D eigenvalue weighted by Gasteiger charge is 2.22. The average molecular weight is 287 g/mol. The number of benzene rings is 1. The number of hydrogen-bond acceptors (Lipinski definition) is 2. The maximum Gasteiger partial charge on any atom is 0.0595 e. The fourth-order valence-electron chi connectivity index (χ4n) is 2.56. The molecule has 1 heterocycles. The summed E-state index contributed by atoms with van der Waals surface area (Å²) in [6.45, 7) is 5.26. The van der Waals surface area contributed by atoms with Crippen LogP contribution in [0.25, 0.3) is 0 Å². The molecule has 0 aliphatic carbocycles. The van der Waals surface area contributed by atoms with E-state index in [1.54, 1.807) is 0 Å². The van der Waals surface area contributed by atoms with Crippen LogP contribution in [0.2, 0.25) is 10.0 Å². The van der Waals surface area contributed by atoms with Gasteiger partial charge in [0.05, 0.1) is 10.0 Å². The van der Waals surface area contributed by atoms with Gasteiger partial charge in [-0.3, -0.25) is 4.90 Å². The lowest BCUT2D eigenvalue weighted by molar-refractivity contribution is 0.154. The van der Waals surface area contributed by atoms with E-state index in [1.807, 2.05) is 18.2 Å². The second-order valence-corrected chi connectivity index (χ2v) is 6.06. The molecule has 4 heteroatoms. The number of likely N-dealkylation sites (tertiary alicyclic amines) is 1. The second kappa shape index (κ2) is 6.25. The molecule has 18 heavy (non-hydrogen) atoms. The molecule has 100 valence electrons. The number of nitrogens with two attached hydrogens (primary N) is 1. The zero-order chi connectivity index (χ0) is 13.1. The van der Waals surface area contributed by atoms with Gasteiger partial charge in [0, 0.05) is 19.1 Å². The Kier molecular flexibility index (Phi) is 4.91. The molecule has 2 atom stereocenters. The molecule has 0 spiro atoms. The van der Waals surface area contributed by atoms with Gasteiger partial charge in [0.25, 0.3) is 0 Å². The molecule has 0 bridgehead atoms.